The minimum Gasteiger partial charge on any atom is -0.423 e. The smallest absolute Gasteiger partial charge is 0.295 e. The zero-order chi connectivity index (χ0) is 13.2. The third-order valence-electron chi connectivity index (χ3n) is 4.04. The van der Waals surface area contributed by atoms with Crippen LogP contribution in [0.1, 0.15) is 32.6 Å². The largest absolute Gasteiger partial charge is 0.423 e. The summed E-state index contributed by atoms with van der Waals surface area (Å²) < 4.78 is 5.66. The summed E-state index contributed by atoms with van der Waals surface area (Å²) in [5.41, 5.74) is 8.05. The lowest BCUT2D eigenvalue weighted by molar-refractivity contribution is 0.292. The van der Waals surface area contributed by atoms with Gasteiger partial charge in [-0.25, -0.2) is 0 Å². The van der Waals surface area contributed by atoms with Crippen LogP contribution in [-0.4, -0.2) is 11.5 Å². The van der Waals surface area contributed by atoms with Gasteiger partial charge in [0.25, 0.3) is 6.01 Å². The van der Waals surface area contributed by atoms with Crippen molar-refractivity contribution in [3.05, 3.63) is 18.2 Å². The number of aromatic nitrogens is 1. The van der Waals surface area contributed by atoms with Gasteiger partial charge in [-0.3, -0.25) is 0 Å². The van der Waals surface area contributed by atoms with E-state index in [-0.39, 0.29) is 0 Å². The maximum absolute atomic E-state index is 5.88. The molecule has 19 heavy (non-hydrogen) atoms. The number of benzene rings is 1. The summed E-state index contributed by atoms with van der Waals surface area (Å²) in [6, 6.07) is 6.21. The summed E-state index contributed by atoms with van der Waals surface area (Å²) in [4.78, 5) is 4.41. The molecule has 0 radical (unpaired) electrons. The Morgan fingerprint density at radius 3 is 3.11 bits per heavy atom. The number of nitrogens with zero attached hydrogens (tertiary/aromatic N) is 1. The first kappa shape index (κ1) is 12.3. The Kier molecular flexibility index (Phi) is 3.32. The number of nitrogen functional groups attached to an aromatic ring is 1. The molecule has 1 saturated carbocycles. The summed E-state index contributed by atoms with van der Waals surface area (Å²) in [5, 5.41) is 3.32. The standard InChI is InChI=1S/C15H21N3O/c1-10-4-2-5-11(8-10)9-17-15-18-14-12(16)6-3-7-13(14)19-15/h3,6-7,10-11H,2,4-5,8-9,16H2,1H3,(H,17,18). The highest BCUT2D eigenvalue weighted by molar-refractivity contribution is 5.86. The quantitative estimate of drug-likeness (QED) is 0.826. The van der Waals surface area contributed by atoms with Gasteiger partial charge in [-0.1, -0.05) is 25.8 Å². The number of para-hydroxylation sites is 1. The molecular formula is C15H21N3O. The minimum atomic E-state index is 0.589. The first-order chi connectivity index (χ1) is 9.22. The molecule has 1 heterocycles. The van der Waals surface area contributed by atoms with Crippen LogP contribution in [0.5, 0.6) is 0 Å². The molecule has 1 fully saturated rings. The highest BCUT2D eigenvalue weighted by Gasteiger charge is 2.19. The summed E-state index contributed by atoms with van der Waals surface area (Å²) in [6.45, 7) is 3.28. The van der Waals surface area contributed by atoms with Crippen molar-refractivity contribution >= 4 is 22.8 Å². The van der Waals surface area contributed by atoms with Crippen molar-refractivity contribution in [2.45, 2.75) is 32.6 Å². The number of hydrogen-bond acceptors (Lipinski definition) is 4. The fourth-order valence-corrected chi connectivity index (χ4v) is 3.02. The van der Waals surface area contributed by atoms with Crippen LogP contribution in [0.2, 0.25) is 0 Å². The zero-order valence-electron chi connectivity index (χ0n) is 11.4. The number of hydrogen-bond donors (Lipinski definition) is 2. The van der Waals surface area contributed by atoms with Crippen molar-refractivity contribution in [1.82, 2.24) is 4.98 Å². The molecule has 2 atom stereocenters. The summed E-state index contributed by atoms with van der Waals surface area (Å²) in [7, 11) is 0. The van der Waals surface area contributed by atoms with E-state index < -0.39 is 0 Å². The predicted octanol–water partition coefficient (Wildman–Crippen LogP) is 3.65. The number of rotatable bonds is 3. The van der Waals surface area contributed by atoms with E-state index in [1.54, 1.807) is 0 Å². The van der Waals surface area contributed by atoms with Crippen LogP contribution in [-0.2, 0) is 0 Å². The van der Waals surface area contributed by atoms with E-state index in [0.29, 0.717) is 11.7 Å². The fraction of sp³-hybridized carbons (Fsp3) is 0.533. The second kappa shape index (κ2) is 5.11. The lowest BCUT2D eigenvalue weighted by Crippen LogP contribution is -2.21. The van der Waals surface area contributed by atoms with Gasteiger partial charge < -0.3 is 15.5 Å². The second-order valence-corrected chi connectivity index (χ2v) is 5.73. The van der Waals surface area contributed by atoms with Gasteiger partial charge in [-0.05, 0) is 36.8 Å². The zero-order valence-corrected chi connectivity index (χ0v) is 11.4. The number of fused-ring (bicyclic) bond motifs is 1. The Bertz CT molecular complexity index is 564. The van der Waals surface area contributed by atoms with Crippen molar-refractivity contribution in [2.75, 3.05) is 17.6 Å². The highest BCUT2D eigenvalue weighted by atomic mass is 16.4. The van der Waals surface area contributed by atoms with Crippen LogP contribution in [0.4, 0.5) is 11.7 Å². The molecule has 4 nitrogen and oxygen atoms in total. The van der Waals surface area contributed by atoms with Gasteiger partial charge >= 0.3 is 0 Å². The van der Waals surface area contributed by atoms with Gasteiger partial charge in [0, 0.05) is 6.54 Å². The molecule has 0 aliphatic heterocycles. The van der Waals surface area contributed by atoms with Gasteiger partial charge in [0.05, 0.1) is 5.69 Å². The maximum atomic E-state index is 5.88. The van der Waals surface area contributed by atoms with Gasteiger partial charge in [-0.2, -0.15) is 4.98 Å². The second-order valence-electron chi connectivity index (χ2n) is 5.73. The average Bonchev–Trinajstić information content (AvgIpc) is 2.81. The van der Waals surface area contributed by atoms with Crippen molar-refractivity contribution in [3.8, 4) is 0 Å². The Hall–Kier alpha value is -1.71. The van der Waals surface area contributed by atoms with Crippen LogP contribution >= 0.6 is 0 Å². The molecule has 0 saturated heterocycles. The molecule has 0 amide bonds. The van der Waals surface area contributed by atoms with Crippen molar-refractivity contribution in [3.63, 3.8) is 0 Å². The minimum absolute atomic E-state index is 0.589. The average molecular weight is 259 g/mol. The molecule has 3 rings (SSSR count). The Morgan fingerprint density at radius 1 is 1.42 bits per heavy atom. The van der Waals surface area contributed by atoms with E-state index in [2.05, 4.69) is 17.2 Å². The number of nitrogens with two attached hydrogens (primary N) is 1. The number of nitrogens with one attached hydrogen (secondary N) is 1. The fourth-order valence-electron chi connectivity index (χ4n) is 3.02. The Balaban J connectivity index is 1.66. The van der Waals surface area contributed by atoms with Gasteiger partial charge in [0.15, 0.2) is 5.58 Å². The van der Waals surface area contributed by atoms with E-state index in [0.717, 1.165) is 29.5 Å². The van der Waals surface area contributed by atoms with E-state index in [9.17, 15) is 0 Å². The lowest BCUT2D eigenvalue weighted by Gasteiger charge is -2.26. The monoisotopic (exact) mass is 259 g/mol. The highest BCUT2D eigenvalue weighted by Crippen LogP contribution is 2.29. The summed E-state index contributed by atoms with van der Waals surface area (Å²) in [5.74, 6) is 1.58. The molecule has 1 aromatic carbocycles. The molecule has 2 aromatic rings. The molecule has 0 spiro atoms. The van der Waals surface area contributed by atoms with Crippen LogP contribution in [0.3, 0.4) is 0 Å². The first-order valence-electron chi connectivity index (χ1n) is 7.11. The molecule has 102 valence electrons. The number of anilines is 2. The molecule has 0 bridgehead atoms. The molecule has 1 aromatic heterocycles. The van der Waals surface area contributed by atoms with Gasteiger partial charge in [-0.15, -0.1) is 0 Å². The predicted molar refractivity (Wildman–Crippen MR) is 78.0 cm³/mol. The normalized spacial score (nSPS) is 23.6. The molecular weight excluding hydrogens is 238 g/mol. The SMILES string of the molecule is CC1CCCC(CNc2nc3c(N)cccc3o2)C1. The molecule has 1 aliphatic carbocycles. The van der Waals surface area contributed by atoms with Crippen molar-refractivity contribution < 1.29 is 4.42 Å². The van der Waals surface area contributed by atoms with Gasteiger partial charge in [0.1, 0.15) is 5.52 Å². The third-order valence-corrected chi connectivity index (χ3v) is 4.04. The van der Waals surface area contributed by atoms with Crippen molar-refractivity contribution in [2.24, 2.45) is 11.8 Å². The molecule has 4 heteroatoms. The topological polar surface area (TPSA) is 64.1 Å². The van der Waals surface area contributed by atoms with E-state index in [1.165, 1.54) is 25.7 Å². The summed E-state index contributed by atoms with van der Waals surface area (Å²) >= 11 is 0. The molecule has 2 unspecified atom stereocenters. The molecule has 1 aliphatic rings. The van der Waals surface area contributed by atoms with Crippen molar-refractivity contribution in [1.29, 1.82) is 0 Å². The first-order valence-corrected chi connectivity index (χ1v) is 7.11. The Morgan fingerprint density at radius 2 is 2.32 bits per heavy atom. The van der Waals surface area contributed by atoms with Crippen LogP contribution in [0.15, 0.2) is 22.6 Å². The van der Waals surface area contributed by atoms with E-state index in [4.69, 9.17) is 10.2 Å². The number of oxazole rings is 1. The lowest BCUT2D eigenvalue weighted by atomic mass is 9.82. The maximum Gasteiger partial charge on any atom is 0.295 e. The van der Waals surface area contributed by atoms with E-state index in [1.807, 2.05) is 18.2 Å². The van der Waals surface area contributed by atoms with Crippen LogP contribution < -0.4 is 11.1 Å². The van der Waals surface area contributed by atoms with Crippen LogP contribution in [0, 0.1) is 11.8 Å². The summed E-state index contributed by atoms with van der Waals surface area (Å²) in [6.07, 6.45) is 5.32. The van der Waals surface area contributed by atoms with Crippen LogP contribution in [0.25, 0.3) is 11.1 Å². The van der Waals surface area contributed by atoms with E-state index >= 15 is 0 Å². The molecule has 3 N–H and O–H groups in total. The van der Waals surface area contributed by atoms with Gasteiger partial charge in [0.2, 0.25) is 0 Å². The third kappa shape index (κ3) is 2.67. The Labute approximate surface area is 113 Å².